The van der Waals surface area contributed by atoms with Crippen LogP contribution in [-0.4, -0.2) is 4.98 Å². The van der Waals surface area contributed by atoms with E-state index in [4.69, 9.17) is 5.73 Å². The van der Waals surface area contributed by atoms with Gasteiger partial charge in [-0.3, -0.25) is 4.98 Å². The first-order chi connectivity index (χ1) is 5.41. The topological polar surface area (TPSA) is 38.9 Å². The second kappa shape index (κ2) is 3.15. The molecule has 2 nitrogen and oxygen atoms in total. The fraction of sp³-hybridized carbons (Fsp3) is 0.444. The van der Waals surface area contributed by atoms with Crippen LogP contribution in [0.25, 0.3) is 0 Å². The van der Waals surface area contributed by atoms with Crippen LogP contribution >= 0.6 is 15.9 Å². The van der Waals surface area contributed by atoms with E-state index in [1.807, 2.05) is 33.0 Å². The molecule has 66 valence electrons. The minimum Gasteiger partial charge on any atom is -0.321 e. The van der Waals surface area contributed by atoms with Crippen LogP contribution in [0.2, 0.25) is 0 Å². The van der Waals surface area contributed by atoms with Crippen molar-refractivity contribution in [3.8, 4) is 0 Å². The summed E-state index contributed by atoms with van der Waals surface area (Å²) in [5, 5.41) is 0. The number of hydrogen-bond donors (Lipinski definition) is 1. The number of halogens is 1. The zero-order valence-corrected chi connectivity index (χ0v) is 9.14. The smallest absolute Gasteiger partial charge is 0.0738 e. The average molecular weight is 229 g/mol. The van der Waals surface area contributed by atoms with Crippen molar-refractivity contribution < 1.29 is 0 Å². The molecule has 1 aromatic heterocycles. The predicted molar refractivity (Wildman–Crippen MR) is 53.9 cm³/mol. The molecule has 0 fully saturated rings. The minimum absolute atomic E-state index is 0.382. The van der Waals surface area contributed by atoms with Crippen LogP contribution in [-0.2, 0) is 5.54 Å². The van der Waals surface area contributed by atoms with Gasteiger partial charge in [0, 0.05) is 10.7 Å². The Kier molecular flexibility index (Phi) is 2.54. The van der Waals surface area contributed by atoms with Gasteiger partial charge in [-0.15, -0.1) is 0 Å². The first-order valence-corrected chi connectivity index (χ1v) is 4.62. The van der Waals surface area contributed by atoms with E-state index >= 15 is 0 Å². The molecule has 0 unspecified atom stereocenters. The Hall–Kier alpha value is -0.410. The van der Waals surface area contributed by atoms with Crippen molar-refractivity contribution in [2.45, 2.75) is 26.3 Å². The normalized spacial score (nSPS) is 11.8. The summed E-state index contributed by atoms with van der Waals surface area (Å²) in [4.78, 5) is 4.28. The molecular weight excluding hydrogens is 216 g/mol. The molecule has 0 bridgehead atoms. The predicted octanol–water partition coefficient (Wildman–Crippen LogP) is 2.35. The number of pyridine rings is 1. The maximum Gasteiger partial charge on any atom is 0.0738 e. The summed E-state index contributed by atoms with van der Waals surface area (Å²) < 4.78 is 0.981. The van der Waals surface area contributed by atoms with E-state index in [-0.39, 0.29) is 5.54 Å². The molecule has 0 saturated heterocycles. The first-order valence-electron chi connectivity index (χ1n) is 3.83. The second-order valence-corrected chi connectivity index (χ2v) is 4.42. The summed E-state index contributed by atoms with van der Waals surface area (Å²) in [6, 6.07) is 2.02. The lowest BCUT2D eigenvalue weighted by molar-refractivity contribution is 0.531. The van der Waals surface area contributed by atoms with Crippen LogP contribution < -0.4 is 5.73 Å². The van der Waals surface area contributed by atoms with Crippen molar-refractivity contribution in [1.29, 1.82) is 0 Å². The summed E-state index contributed by atoms with van der Waals surface area (Å²) in [5.41, 5.74) is 7.56. The summed E-state index contributed by atoms with van der Waals surface area (Å²) >= 11 is 3.44. The van der Waals surface area contributed by atoms with E-state index < -0.39 is 0 Å². The quantitative estimate of drug-likeness (QED) is 0.802. The lowest BCUT2D eigenvalue weighted by Gasteiger charge is -2.19. The SMILES string of the molecule is Cc1cnc(C(C)(C)N)c(Br)c1. The number of rotatable bonds is 1. The molecular formula is C9H13BrN2. The van der Waals surface area contributed by atoms with Crippen LogP contribution in [0.15, 0.2) is 16.7 Å². The fourth-order valence-electron chi connectivity index (χ4n) is 1.01. The third-order valence-electron chi connectivity index (χ3n) is 1.59. The lowest BCUT2D eigenvalue weighted by atomic mass is 10.0. The molecule has 1 rings (SSSR count). The Morgan fingerprint density at radius 2 is 2.08 bits per heavy atom. The number of nitrogens with two attached hydrogens (primary N) is 1. The maximum absolute atomic E-state index is 5.92. The molecule has 0 aliphatic heterocycles. The Morgan fingerprint density at radius 1 is 1.50 bits per heavy atom. The Morgan fingerprint density at radius 3 is 2.50 bits per heavy atom. The van der Waals surface area contributed by atoms with E-state index in [2.05, 4.69) is 20.9 Å². The highest BCUT2D eigenvalue weighted by Crippen LogP contribution is 2.24. The van der Waals surface area contributed by atoms with Gasteiger partial charge < -0.3 is 5.73 Å². The number of aromatic nitrogens is 1. The van der Waals surface area contributed by atoms with Crippen molar-refractivity contribution in [3.63, 3.8) is 0 Å². The van der Waals surface area contributed by atoms with Crippen LogP contribution in [0.1, 0.15) is 25.1 Å². The van der Waals surface area contributed by atoms with Crippen molar-refractivity contribution >= 4 is 15.9 Å². The lowest BCUT2D eigenvalue weighted by Crippen LogP contribution is -2.30. The first kappa shape index (κ1) is 9.68. The van der Waals surface area contributed by atoms with Gasteiger partial charge in [0.15, 0.2) is 0 Å². The van der Waals surface area contributed by atoms with E-state index in [0.717, 1.165) is 15.7 Å². The Bertz CT molecular complexity index is 289. The zero-order valence-electron chi connectivity index (χ0n) is 7.56. The molecule has 0 aromatic carbocycles. The molecule has 0 spiro atoms. The van der Waals surface area contributed by atoms with Gasteiger partial charge in [0.05, 0.1) is 11.2 Å². The van der Waals surface area contributed by atoms with Gasteiger partial charge in [-0.05, 0) is 48.3 Å². The standard InChI is InChI=1S/C9H13BrN2/c1-6-4-7(10)8(12-5-6)9(2,3)11/h4-5H,11H2,1-3H3. The summed E-state index contributed by atoms with van der Waals surface area (Å²) in [6.07, 6.45) is 1.83. The van der Waals surface area contributed by atoms with E-state index in [1.54, 1.807) is 0 Å². The largest absolute Gasteiger partial charge is 0.321 e. The molecule has 1 aromatic rings. The third-order valence-corrected chi connectivity index (χ3v) is 2.19. The Balaban J connectivity index is 3.19. The number of nitrogens with zero attached hydrogens (tertiary/aromatic N) is 1. The third kappa shape index (κ3) is 2.05. The molecule has 0 amide bonds. The molecule has 2 N–H and O–H groups in total. The highest BCUT2D eigenvalue weighted by atomic mass is 79.9. The average Bonchev–Trinajstić information content (AvgIpc) is 1.83. The van der Waals surface area contributed by atoms with Crippen LogP contribution in [0, 0.1) is 6.92 Å². The van der Waals surface area contributed by atoms with Gasteiger partial charge in [-0.2, -0.15) is 0 Å². The van der Waals surface area contributed by atoms with E-state index in [0.29, 0.717) is 0 Å². The number of aryl methyl sites for hydroxylation is 1. The van der Waals surface area contributed by atoms with Gasteiger partial charge in [-0.1, -0.05) is 0 Å². The molecule has 0 saturated carbocycles. The molecule has 0 aliphatic rings. The van der Waals surface area contributed by atoms with E-state index in [9.17, 15) is 0 Å². The molecule has 0 aliphatic carbocycles. The molecule has 0 radical (unpaired) electrons. The zero-order chi connectivity index (χ0) is 9.35. The summed E-state index contributed by atoms with van der Waals surface area (Å²) in [7, 11) is 0. The van der Waals surface area contributed by atoms with Gasteiger partial charge >= 0.3 is 0 Å². The molecule has 3 heteroatoms. The van der Waals surface area contributed by atoms with Crippen molar-refractivity contribution in [2.75, 3.05) is 0 Å². The second-order valence-electron chi connectivity index (χ2n) is 3.56. The minimum atomic E-state index is -0.382. The van der Waals surface area contributed by atoms with Gasteiger partial charge in [0.2, 0.25) is 0 Å². The molecule has 12 heavy (non-hydrogen) atoms. The summed E-state index contributed by atoms with van der Waals surface area (Å²) in [6.45, 7) is 5.88. The monoisotopic (exact) mass is 228 g/mol. The molecule has 0 atom stereocenters. The van der Waals surface area contributed by atoms with Crippen molar-refractivity contribution in [3.05, 3.63) is 28.0 Å². The summed E-state index contributed by atoms with van der Waals surface area (Å²) in [5.74, 6) is 0. The maximum atomic E-state index is 5.92. The van der Waals surface area contributed by atoms with E-state index in [1.165, 1.54) is 0 Å². The highest BCUT2D eigenvalue weighted by Gasteiger charge is 2.18. The van der Waals surface area contributed by atoms with Gasteiger partial charge in [0.25, 0.3) is 0 Å². The van der Waals surface area contributed by atoms with Crippen LogP contribution in [0.3, 0.4) is 0 Å². The molecule has 1 heterocycles. The van der Waals surface area contributed by atoms with Crippen molar-refractivity contribution in [2.24, 2.45) is 5.73 Å². The fourth-order valence-corrected chi connectivity index (χ4v) is 1.98. The van der Waals surface area contributed by atoms with Gasteiger partial charge in [-0.25, -0.2) is 0 Å². The van der Waals surface area contributed by atoms with Crippen LogP contribution in [0.4, 0.5) is 0 Å². The number of hydrogen-bond acceptors (Lipinski definition) is 2. The van der Waals surface area contributed by atoms with Crippen LogP contribution in [0.5, 0.6) is 0 Å². The van der Waals surface area contributed by atoms with Gasteiger partial charge in [0.1, 0.15) is 0 Å². The highest BCUT2D eigenvalue weighted by molar-refractivity contribution is 9.10. The Labute approximate surface area is 81.3 Å². The van der Waals surface area contributed by atoms with Crippen molar-refractivity contribution in [1.82, 2.24) is 4.98 Å².